The molecule has 2 atom stereocenters. The second kappa shape index (κ2) is 2.22. The van der Waals surface area contributed by atoms with E-state index in [0.717, 1.165) is 19.3 Å². The van der Waals surface area contributed by atoms with Crippen molar-refractivity contribution < 1.29 is 0 Å². The topological polar surface area (TPSA) is 55.4 Å². The SMILES string of the molecule is NC1CC[C@H](N=O)C1. The molecule has 1 aliphatic carbocycles. The van der Waals surface area contributed by atoms with Crippen molar-refractivity contribution in [2.75, 3.05) is 0 Å². The Kier molecular flexibility index (Phi) is 1.58. The molecule has 3 nitrogen and oxygen atoms in total. The van der Waals surface area contributed by atoms with Gasteiger partial charge in [0.05, 0.1) is 6.04 Å². The van der Waals surface area contributed by atoms with E-state index in [9.17, 15) is 4.91 Å². The first-order valence-electron chi connectivity index (χ1n) is 2.91. The van der Waals surface area contributed by atoms with Gasteiger partial charge < -0.3 is 5.73 Å². The lowest BCUT2D eigenvalue weighted by Gasteiger charge is -1.95. The summed E-state index contributed by atoms with van der Waals surface area (Å²) in [5, 5.41) is 2.91. The van der Waals surface area contributed by atoms with Crippen LogP contribution < -0.4 is 5.73 Å². The fourth-order valence-corrected chi connectivity index (χ4v) is 1.09. The van der Waals surface area contributed by atoms with E-state index in [1.54, 1.807) is 0 Å². The summed E-state index contributed by atoms with van der Waals surface area (Å²) in [6, 6.07) is 0.252. The van der Waals surface area contributed by atoms with Crippen molar-refractivity contribution in [1.82, 2.24) is 0 Å². The highest BCUT2D eigenvalue weighted by molar-refractivity contribution is 4.81. The van der Waals surface area contributed by atoms with Crippen molar-refractivity contribution in [2.45, 2.75) is 31.3 Å². The van der Waals surface area contributed by atoms with E-state index in [4.69, 9.17) is 5.73 Å². The van der Waals surface area contributed by atoms with Crippen LogP contribution in [0.25, 0.3) is 0 Å². The van der Waals surface area contributed by atoms with Crippen LogP contribution in [0.15, 0.2) is 5.18 Å². The van der Waals surface area contributed by atoms with Crippen LogP contribution in [-0.2, 0) is 0 Å². The van der Waals surface area contributed by atoms with Gasteiger partial charge in [-0.3, -0.25) is 0 Å². The predicted molar refractivity (Wildman–Crippen MR) is 31.4 cm³/mol. The van der Waals surface area contributed by atoms with Gasteiger partial charge in [0.2, 0.25) is 0 Å². The highest BCUT2D eigenvalue weighted by Gasteiger charge is 2.21. The normalized spacial score (nSPS) is 37.6. The van der Waals surface area contributed by atoms with E-state index in [0.29, 0.717) is 0 Å². The van der Waals surface area contributed by atoms with Gasteiger partial charge in [0.15, 0.2) is 0 Å². The molecule has 8 heavy (non-hydrogen) atoms. The summed E-state index contributed by atoms with van der Waals surface area (Å²) in [7, 11) is 0. The van der Waals surface area contributed by atoms with Gasteiger partial charge in [-0.25, -0.2) is 0 Å². The smallest absolute Gasteiger partial charge is 0.0935 e. The number of nitroso groups, excluding NO2 is 1. The van der Waals surface area contributed by atoms with Gasteiger partial charge in [-0.05, 0) is 19.3 Å². The maximum absolute atomic E-state index is 9.85. The minimum atomic E-state index is 0.0185. The Morgan fingerprint density at radius 2 is 2.25 bits per heavy atom. The molecular weight excluding hydrogens is 104 g/mol. The van der Waals surface area contributed by atoms with Crippen LogP contribution in [0.4, 0.5) is 0 Å². The van der Waals surface area contributed by atoms with Crippen LogP contribution in [0, 0.1) is 4.91 Å². The molecule has 0 bridgehead atoms. The van der Waals surface area contributed by atoms with Crippen LogP contribution in [0.1, 0.15) is 19.3 Å². The Labute approximate surface area is 48.2 Å². The summed E-state index contributed by atoms with van der Waals surface area (Å²) in [5.41, 5.74) is 5.50. The zero-order chi connectivity index (χ0) is 5.98. The molecule has 46 valence electrons. The van der Waals surface area contributed by atoms with Crippen molar-refractivity contribution in [3.63, 3.8) is 0 Å². The summed E-state index contributed by atoms with van der Waals surface area (Å²) in [5.74, 6) is 0. The summed E-state index contributed by atoms with van der Waals surface area (Å²) in [6.45, 7) is 0. The molecule has 1 aliphatic rings. The average molecular weight is 114 g/mol. The molecule has 1 rings (SSSR count). The zero-order valence-corrected chi connectivity index (χ0v) is 4.71. The summed E-state index contributed by atoms with van der Waals surface area (Å²) in [6.07, 6.45) is 2.66. The molecule has 0 radical (unpaired) electrons. The van der Waals surface area contributed by atoms with Crippen molar-refractivity contribution >= 4 is 0 Å². The lowest BCUT2D eigenvalue weighted by Crippen LogP contribution is -2.15. The first kappa shape index (κ1) is 5.69. The predicted octanol–water partition coefficient (Wildman–Crippen LogP) is 0.633. The van der Waals surface area contributed by atoms with Crippen molar-refractivity contribution in [3.05, 3.63) is 4.91 Å². The zero-order valence-electron chi connectivity index (χ0n) is 4.71. The quantitative estimate of drug-likeness (QED) is 0.508. The fourth-order valence-electron chi connectivity index (χ4n) is 1.09. The molecule has 1 fully saturated rings. The molecule has 0 aromatic carbocycles. The third kappa shape index (κ3) is 1.04. The van der Waals surface area contributed by atoms with Crippen LogP contribution in [0.2, 0.25) is 0 Å². The Hall–Kier alpha value is -0.440. The number of nitrogens with two attached hydrogens (primary N) is 1. The third-order valence-electron chi connectivity index (χ3n) is 1.59. The Morgan fingerprint density at radius 1 is 1.50 bits per heavy atom. The molecule has 0 heterocycles. The molecular formula is C5H10N2O. The summed E-state index contributed by atoms with van der Waals surface area (Å²) < 4.78 is 0. The van der Waals surface area contributed by atoms with Crippen LogP contribution in [0.3, 0.4) is 0 Å². The molecule has 1 saturated carbocycles. The molecule has 3 heteroatoms. The molecule has 2 N–H and O–H groups in total. The minimum absolute atomic E-state index is 0.0185. The lowest BCUT2D eigenvalue weighted by molar-refractivity contribution is 0.664. The van der Waals surface area contributed by atoms with E-state index in [1.807, 2.05) is 0 Å². The fraction of sp³-hybridized carbons (Fsp3) is 1.00. The van der Waals surface area contributed by atoms with Gasteiger partial charge in [0.1, 0.15) is 0 Å². The second-order valence-corrected chi connectivity index (χ2v) is 2.33. The monoisotopic (exact) mass is 114 g/mol. The summed E-state index contributed by atoms with van der Waals surface area (Å²) in [4.78, 5) is 9.85. The average Bonchev–Trinajstić information content (AvgIpc) is 2.14. The number of hydrogen-bond donors (Lipinski definition) is 1. The van der Waals surface area contributed by atoms with Gasteiger partial charge >= 0.3 is 0 Å². The number of nitrogens with zero attached hydrogens (tertiary/aromatic N) is 1. The van der Waals surface area contributed by atoms with Crippen molar-refractivity contribution in [1.29, 1.82) is 0 Å². The van der Waals surface area contributed by atoms with E-state index in [1.165, 1.54) is 0 Å². The summed E-state index contributed by atoms with van der Waals surface area (Å²) >= 11 is 0. The first-order valence-corrected chi connectivity index (χ1v) is 2.91. The number of hydrogen-bond acceptors (Lipinski definition) is 3. The van der Waals surface area contributed by atoms with Gasteiger partial charge in [0.25, 0.3) is 0 Å². The molecule has 0 aromatic heterocycles. The van der Waals surface area contributed by atoms with Gasteiger partial charge in [-0.15, -0.1) is 0 Å². The number of rotatable bonds is 1. The minimum Gasteiger partial charge on any atom is -0.328 e. The third-order valence-corrected chi connectivity index (χ3v) is 1.59. The largest absolute Gasteiger partial charge is 0.328 e. The maximum atomic E-state index is 9.85. The molecule has 0 amide bonds. The highest BCUT2D eigenvalue weighted by Crippen LogP contribution is 2.19. The van der Waals surface area contributed by atoms with Crippen LogP contribution in [0.5, 0.6) is 0 Å². The molecule has 0 aliphatic heterocycles. The van der Waals surface area contributed by atoms with Gasteiger partial charge in [-0.1, -0.05) is 5.18 Å². The Morgan fingerprint density at radius 3 is 2.50 bits per heavy atom. The van der Waals surface area contributed by atoms with Crippen LogP contribution in [-0.4, -0.2) is 12.1 Å². The molecule has 0 aromatic rings. The first-order chi connectivity index (χ1) is 3.83. The van der Waals surface area contributed by atoms with Gasteiger partial charge in [-0.2, -0.15) is 4.91 Å². The standard InChI is InChI=1S/C5H10N2O/c6-4-1-2-5(3-4)7-8/h4-5H,1-3,6H2/t4?,5-/m0/s1. The molecule has 0 saturated heterocycles. The highest BCUT2D eigenvalue weighted by atomic mass is 16.3. The van der Waals surface area contributed by atoms with Crippen LogP contribution >= 0.6 is 0 Å². The van der Waals surface area contributed by atoms with E-state index in [2.05, 4.69) is 5.18 Å². The Bertz CT molecular complexity index is 94.4. The van der Waals surface area contributed by atoms with Crippen molar-refractivity contribution in [2.24, 2.45) is 10.9 Å². The van der Waals surface area contributed by atoms with E-state index in [-0.39, 0.29) is 12.1 Å². The van der Waals surface area contributed by atoms with Crippen molar-refractivity contribution in [3.8, 4) is 0 Å². The Balaban J connectivity index is 2.32. The van der Waals surface area contributed by atoms with E-state index < -0.39 is 0 Å². The maximum Gasteiger partial charge on any atom is 0.0935 e. The van der Waals surface area contributed by atoms with Gasteiger partial charge in [0, 0.05) is 6.04 Å². The van der Waals surface area contributed by atoms with E-state index >= 15 is 0 Å². The second-order valence-electron chi connectivity index (χ2n) is 2.33. The molecule has 1 unspecified atom stereocenters. The lowest BCUT2D eigenvalue weighted by atomic mass is 10.2. The molecule has 0 spiro atoms.